The summed E-state index contributed by atoms with van der Waals surface area (Å²) in [6.45, 7) is 3.05. The van der Waals surface area contributed by atoms with Gasteiger partial charge in [-0.2, -0.15) is 0 Å². The van der Waals surface area contributed by atoms with Crippen molar-refractivity contribution in [2.75, 3.05) is 11.4 Å². The van der Waals surface area contributed by atoms with Crippen molar-refractivity contribution in [1.82, 2.24) is 14.9 Å². The Bertz CT molecular complexity index is 1020. The van der Waals surface area contributed by atoms with Gasteiger partial charge in [0.25, 0.3) is 0 Å². The molecule has 0 N–H and O–H groups in total. The third-order valence-corrected chi connectivity index (χ3v) is 6.90. The molecular weight excluding hydrogens is 395 g/mol. The largest absolute Gasteiger partial charge is 0.332 e. The normalized spacial score (nSPS) is 21.2. The molecule has 2 fully saturated rings. The number of fused-ring (bicyclic) bond motifs is 1. The first kappa shape index (κ1) is 20.1. The van der Waals surface area contributed by atoms with Crippen LogP contribution in [0.15, 0.2) is 24.3 Å². The van der Waals surface area contributed by atoms with E-state index in [1.807, 2.05) is 11.8 Å². The smallest absolute Gasteiger partial charge is 0.228 e. The lowest BCUT2D eigenvalue weighted by molar-refractivity contribution is -0.139. The number of aryl methyl sites for hydroxylation is 1. The van der Waals surface area contributed by atoms with Crippen molar-refractivity contribution in [3.8, 4) is 0 Å². The molecule has 3 heterocycles. The molecule has 1 aliphatic carbocycles. The summed E-state index contributed by atoms with van der Waals surface area (Å²) in [5.74, 6) is 1.37. The number of likely N-dealkylation sites (tertiary alicyclic amines) is 1. The average molecular weight is 423 g/mol. The number of amides is 2. The van der Waals surface area contributed by atoms with Crippen LogP contribution in [0, 0.1) is 18.7 Å². The molecule has 7 heteroatoms. The fourth-order valence-corrected chi connectivity index (χ4v) is 4.88. The zero-order chi connectivity index (χ0) is 21.5. The van der Waals surface area contributed by atoms with Gasteiger partial charge in [0.15, 0.2) is 5.82 Å². The van der Waals surface area contributed by atoms with Gasteiger partial charge in [0, 0.05) is 30.1 Å². The van der Waals surface area contributed by atoms with Gasteiger partial charge in [-0.05, 0) is 56.7 Å². The highest BCUT2D eigenvalue weighted by Crippen LogP contribution is 2.38. The molecule has 1 saturated heterocycles. The summed E-state index contributed by atoms with van der Waals surface area (Å²) >= 11 is 0. The minimum absolute atomic E-state index is 0.00898. The molecule has 5 rings (SSSR count). The molecule has 2 amide bonds. The average Bonchev–Trinajstić information content (AvgIpc) is 3.20. The van der Waals surface area contributed by atoms with Crippen molar-refractivity contribution in [2.45, 2.75) is 64.5 Å². The number of rotatable bonds is 4. The van der Waals surface area contributed by atoms with E-state index >= 15 is 0 Å². The predicted octanol–water partition coefficient (Wildman–Crippen LogP) is 3.87. The highest BCUT2D eigenvalue weighted by molar-refractivity contribution is 5.95. The Morgan fingerprint density at radius 3 is 2.58 bits per heavy atom. The fourth-order valence-electron chi connectivity index (χ4n) is 4.88. The molecule has 0 spiro atoms. The summed E-state index contributed by atoms with van der Waals surface area (Å²) in [4.78, 5) is 39.1. The third kappa shape index (κ3) is 3.70. The Morgan fingerprint density at radius 2 is 1.87 bits per heavy atom. The first-order valence-electron chi connectivity index (χ1n) is 11.2. The minimum atomic E-state index is -0.299. The maximum absolute atomic E-state index is 13.3. The Balaban J connectivity index is 1.48. The Labute approximate surface area is 181 Å². The fraction of sp³-hybridized carbons (Fsp3) is 0.500. The van der Waals surface area contributed by atoms with Crippen LogP contribution in [-0.4, -0.2) is 33.2 Å². The number of hydrogen-bond acceptors (Lipinski definition) is 4. The maximum atomic E-state index is 13.3. The zero-order valence-electron chi connectivity index (χ0n) is 17.8. The number of benzene rings is 1. The van der Waals surface area contributed by atoms with Gasteiger partial charge >= 0.3 is 0 Å². The second-order valence-electron chi connectivity index (χ2n) is 8.89. The third-order valence-electron chi connectivity index (χ3n) is 6.90. The lowest BCUT2D eigenvalue weighted by Gasteiger charge is -2.33. The molecular formula is C24H27FN4O2. The van der Waals surface area contributed by atoms with Crippen molar-refractivity contribution in [1.29, 1.82) is 0 Å². The molecule has 162 valence electrons. The van der Waals surface area contributed by atoms with E-state index in [1.165, 1.54) is 12.1 Å². The molecule has 0 radical (unpaired) electrons. The SMILES string of the molecule is Cc1nc([C@@H]2CCCN2C(=O)C2CCC2)nc2c1CCC(=O)N2Cc1ccc(F)cc1. The second-order valence-corrected chi connectivity index (χ2v) is 8.89. The van der Waals surface area contributed by atoms with E-state index in [0.717, 1.165) is 55.5 Å². The molecule has 1 aromatic heterocycles. The molecule has 3 aliphatic rings. The summed E-state index contributed by atoms with van der Waals surface area (Å²) in [6.07, 6.45) is 5.91. The number of hydrogen-bond donors (Lipinski definition) is 0. The van der Waals surface area contributed by atoms with Crippen molar-refractivity contribution in [3.63, 3.8) is 0 Å². The van der Waals surface area contributed by atoms with Crippen LogP contribution in [0.2, 0.25) is 0 Å². The zero-order valence-corrected chi connectivity index (χ0v) is 17.8. The number of aromatic nitrogens is 2. The van der Waals surface area contributed by atoms with Gasteiger partial charge in [0.2, 0.25) is 11.8 Å². The van der Waals surface area contributed by atoms with Gasteiger partial charge in [-0.25, -0.2) is 14.4 Å². The molecule has 0 unspecified atom stereocenters. The molecule has 31 heavy (non-hydrogen) atoms. The highest BCUT2D eigenvalue weighted by atomic mass is 19.1. The maximum Gasteiger partial charge on any atom is 0.228 e. The van der Waals surface area contributed by atoms with Crippen LogP contribution in [0.1, 0.15) is 67.2 Å². The quantitative estimate of drug-likeness (QED) is 0.750. The lowest BCUT2D eigenvalue weighted by Crippen LogP contribution is -2.40. The van der Waals surface area contributed by atoms with Crippen molar-refractivity contribution < 1.29 is 14.0 Å². The number of anilines is 1. The predicted molar refractivity (Wildman–Crippen MR) is 114 cm³/mol. The number of carbonyl (C=O) groups is 2. The Kier molecular flexibility index (Phi) is 5.20. The summed E-state index contributed by atoms with van der Waals surface area (Å²) in [5, 5.41) is 0. The number of halogens is 1. The van der Waals surface area contributed by atoms with Crippen LogP contribution < -0.4 is 4.90 Å². The van der Waals surface area contributed by atoms with E-state index in [4.69, 9.17) is 9.97 Å². The summed E-state index contributed by atoms with van der Waals surface area (Å²) in [6, 6.07) is 6.08. The number of carbonyl (C=O) groups excluding carboxylic acids is 2. The van der Waals surface area contributed by atoms with E-state index in [9.17, 15) is 14.0 Å². The summed E-state index contributed by atoms with van der Waals surface area (Å²) < 4.78 is 13.3. The first-order valence-corrected chi connectivity index (χ1v) is 11.2. The van der Waals surface area contributed by atoms with Crippen LogP contribution in [0.3, 0.4) is 0 Å². The van der Waals surface area contributed by atoms with Crippen molar-refractivity contribution >= 4 is 17.6 Å². The Hall–Kier alpha value is -2.83. The van der Waals surface area contributed by atoms with Crippen LogP contribution >= 0.6 is 0 Å². The van der Waals surface area contributed by atoms with Gasteiger partial charge in [0.05, 0.1) is 12.6 Å². The molecule has 2 aromatic rings. The van der Waals surface area contributed by atoms with Crippen molar-refractivity contribution in [2.24, 2.45) is 5.92 Å². The second kappa shape index (κ2) is 8.02. The minimum Gasteiger partial charge on any atom is -0.332 e. The highest BCUT2D eigenvalue weighted by Gasteiger charge is 2.38. The van der Waals surface area contributed by atoms with Gasteiger partial charge in [-0.15, -0.1) is 0 Å². The standard InChI is InChI=1S/C24H27FN4O2/c1-15-19-11-12-21(30)29(14-16-7-9-18(25)10-8-16)23(19)27-22(26-15)20-6-3-13-28(20)24(31)17-4-2-5-17/h7-10,17,20H,2-6,11-14H2,1H3/t20-/m0/s1. The molecule has 2 aliphatic heterocycles. The van der Waals surface area contributed by atoms with Gasteiger partial charge in [-0.1, -0.05) is 18.6 Å². The molecule has 1 saturated carbocycles. The van der Waals surface area contributed by atoms with Crippen LogP contribution in [0.25, 0.3) is 0 Å². The van der Waals surface area contributed by atoms with E-state index < -0.39 is 0 Å². The molecule has 6 nitrogen and oxygen atoms in total. The summed E-state index contributed by atoms with van der Waals surface area (Å²) in [5.41, 5.74) is 2.71. The van der Waals surface area contributed by atoms with Gasteiger partial charge in [0.1, 0.15) is 11.6 Å². The van der Waals surface area contributed by atoms with Crippen LogP contribution in [0.4, 0.5) is 10.2 Å². The monoisotopic (exact) mass is 422 g/mol. The number of nitrogens with zero attached hydrogens (tertiary/aromatic N) is 4. The van der Waals surface area contributed by atoms with E-state index in [-0.39, 0.29) is 29.6 Å². The Morgan fingerprint density at radius 1 is 1.10 bits per heavy atom. The lowest BCUT2D eigenvalue weighted by atomic mass is 9.84. The van der Waals surface area contributed by atoms with E-state index in [1.54, 1.807) is 17.0 Å². The van der Waals surface area contributed by atoms with E-state index in [2.05, 4.69) is 0 Å². The van der Waals surface area contributed by atoms with Crippen molar-refractivity contribution in [3.05, 3.63) is 52.7 Å². The molecule has 0 bridgehead atoms. The molecule has 1 atom stereocenters. The van der Waals surface area contributed by atoms with Crippen LogP contribution in [0.5, 0.6) is 0 Å². The van der Waals surface area contributed by atoms with E-state index in [0.29, 0.717) is 31.0 Å². The molecule has 1 aromatic carbocycles. The topological polar surface area (TPSA) is 66.4 Å². The summed E-state index contributed by atoms with van der Waals surface area (Å²) in [7, 11) is 0. The van der Waals surface area contributed by atoms with Gasteiger partial charge in [-0.3, -0.25) is 14.5 Å². The van der Waals surface area contributed by atoms with Gasteiger partial charge < -0.3 is 4.90 Å². The first-order chi connectivity index (χ1) is 15.0. The van der Waals surface area contributed by atoms with Crippen LogP contribution in [-0.2, 0) is 22.6 Å².